The Hall–Kier alpha value is -3.66. The molecule has 0 amide bonds. The van der Waals surface area contributed by atoms with Gasteiger partial charge in [-0.1, -0.05) is 12.1 Å². The summed E-state index contributed by atoms with van der Waals surface area (Å²) >= 11 is 0. The van der Waals surface area contributed by atoms with Gasteiger partial charge in [0.2, 0.25) is 0 Å². The molecule has 0 saturated carbocycles. The number of nitrogens with zero attached hydrogens (tertiary/aromatic N) is 2. The maximum absolute atomic E-state index is 12.7. The second-order valence-electron chi connectivity index (χ2n) is 5.69. The first-order valence-corrected chi connectivity index (χ1v) is 7.83. The smallest absolute Gasteiger partial charge is 0.335 e. The fourth-order valence-electron chi connectivity index (χ4n) is 2.43. The minimum absolute atomic E-state index is 0.00758. The number of benzene rings is 1. The number of carboxylic acid groups (broad SMARTS) is 1. The summed E-state index contributed by atoms with van der Waals surface area (Å²) in [5.74, 6) is -1.65. The largest absolute Gasteiger partial charge is 0.478 e. The predicted octanol–water partition coefficient (Wildman–Crippen LogP) is 2.26. The van der Waals surface area contributed by atoms with Crippen LogP contribution in [-0.4, -0.2) is 22.7 Å². The predicted molar refractivity (Wildman–Crippen MR) is 97.7 cm³/mol. The average molecular weight is 350 g/mol. The first-order valence-electron chi connectivity index (χ1n) is 7.83. The molecule has 1 aromatic rings. The Balaban J connectivity index is 2.38. The minimum atomic E-state index is -1.09. The van der Waals surface area contributed by atoms with Crippen molar-refractivity contribution in [1.82, 2.24) is 0 Å². The number of hydrogen-bond donors (Lipinski definition) is 3. The first kappa shape index (κ1) is 18.7. The number of allylic oxidation sites excluding steroid dienone is 4. The number of hydrogen-bond acceptors (Lipinski definition) is 5. The van der Waals surface area contributed by atoms with Crippen LogP contribution in [0, 0.1) is 18.3 Å². The third-order valence-electron chi connectivity index (χ3n) is 3.90. The number of carbonyl (C=O) groups excluding carboxylic acids is 1. The number of ketones is 1. The molecule has 0 aromatic heterocycles. The Morgan fingerprint density at radius 1 is 1.38 bits per heavy atom. The summed E-state index contributed by atoms with van der Waals surface area (Å²) in [5.41, 5.74) is 13.4. The molecular formula is C19H18N4O3. The third-order valence-corrected chi connectivity index (χ3v) is 3.90. The number of nitriles is 1. The second-order valence-corrected chi connectivity index (χ2v) is 5.69. The number of Topliss-reactive ketones (excluding diaryl/α,β-unsaturated/α-hetero) is 1. The minimum Gasteiger partial charge on any atom is -0.478 e. The monoisotopic (exact) mass is 350 g/mol. The van der Waals surface area contributed by atoms with Gasteiger partial charge in [0.15, 0.2) is 5.78 Å². The zero-order valence-electron chi connectivity index (χ0n) is 14.2. The molecule has 7 heteroatoms. The molecule has 26 heavy (non-hydrogen) atoms. The molecule has 0 bridgehead atoms. The van der Waals surface area contributed by atoms with Crippen LogP contribution in [0.15, 0.2) is 58.3 Å². The van der Waals surface area contributed by atoms with Gasteiger partial charge in [-0.05, 0) is 43.5 Å². The van der Waals surface area contributed by atoms with Crippen molar-refractivity contribution in [2.24, 2.45) is 16.5 Å². The highest BCUT2D eigenvalue weighted by molar-refractivity contribution is 6.27. The Morgan fingerprint density at radius 3 is 2.73 bits per heavy atom. The normalized spacial score (nSPS) is 14.9. The van der Waals surface area contributed by atoms with Crippen molar-refractivity contribution in [3.05, 3.63) is 64.4 Å². The number of aliphatic imine (C=N–C) groups is 1. The lowest BCUT2D eigenvalue weighted by Gasteiger charge is -2.11. The van der Waals surface area contributed by atoms with E-state index in [9.17, 15) is 9.59 Å². The molecule has 0 heterocycles. The van der Waals surface area contributed by atoms with Crippen LogP contribution in [0.3, 0.4) is 0 Å². The van der Waals surface area contributed by atoms with Crippen molar-refractivity contribution in [3.8, 4) is 6.07 Å². The van der Waals surface area contributed by atoms with Crippen molar-refractivity contribution in [2.75, 3.05) is 0 Å². The number of rotatable bonds is 5. The molecule has 7 nitrogen and oxygen atoms in total. The van der Waals surface area contributed by atoms with Gasteiger partial charge in [-0.3, -0.25) is 4.79 Å². The van der Waals surface area contributed by atoms with Gasteiger partial charge in [-0.2, -0.15) is 5.26 Å². The molecule has 0 unspecified atom stereocenters. The standard InChI is InChI=1S/C19H18N4O3/c1-11-5-6-14(19(25)26)8-16(11)23-18(22)15(10-21)17(24)13-4-2-3-12(7-13)9-20/h4-8,10H,2-3,21H2,1H3,(H2,22,23)(H,25,26). The number of nitrogens with two attached hydrogens (primary N) is 2. The first-order chi connectivity index (χ1) is 12.4. The summed E-state index contributed by atoms with van der Waals surface area (Å²) in [7, 11) is 0. The van der Waals surface area contributed by atoms with E-state index in [1.807, 2.05) is 6.07 Å². The van der Waals surface area contributed by atoms with Crippen molar-refractivity contribution in [2.45, 2.75) is 19.8 Å². The highest BCUT2D eigenvalue weighted by atomic mass is 16.4. The van der Waals surface area contributed by atoms with Gasteiger partial charge in [0, 0.05) is 17.3 Å². The van der Waals surface area contributed by atoms with Crippen molar-refractivity contribution < 1.29 is 14.7 Å². The molecule has 0 fully saturated rings. The van der Waals surface area contributed by atoms with Crippen molar-refractivity contribution in [3.63, 3.8) is 0 Å². The van der Waals surface area contributed by atoms with Crippen LogP contribution in [0.25, 0.3) is 0 Å². The number of carboxylic acids is 1. The maximum atomic E-state index is 12.7. The molecule has 0 saturated heterocycles. The van der Waals surface area contributed by atoms with Gasteiger partial charge in [-0.15, -0.1) is 0 Å². The molecule has 1 aliphatic rings. The summed E-state index contributed by atoms with van der Waals surface area (Å²) in [6.45, 7) is 1.75. The van der Waals surface area contributed by atoms with Gasteiger partial charge in [0.25, 0.3) is 0 Å². The maximum Gasteiger partial charge on any atom is 0.335 e. The fraction of sp³-hybridized carbons (Fsp3) is 0.158. The Kier molecular flexibility index (Phi) is 5.71. The van der Waals surface area contributed by atoms with E-state index in [-0.39, 0.29) is 17.0 Å². The van der Waals surface area contributed by atoms with Gasteiger partial charge in [-0.25, -0.2) is 9.79 Å². The van der Waals surface area contributed by atoms with Gasteiger partial charge >= 0.3 is 5.97 Å². The van der Waals surface area contributed by atoms with Crippen LogP contribution >= 0.6 is 0 Å². The molecule has 5 N–H and O–H groups in total. The van der Waals surface area contributed by atoms with E-state index in [2.05, 4.69) is 4.99 Å². The zero-order chi connectivity index (χ0) is 19.3. The van der Waals surface area contributed by atoms with Crippen LogP contribution in [0.1, 0.15) is 28.8 Å². The lowest BCUT2D eigenvalue weighted by atomic mass is 9.94. The molecule has 132 valence electrons. The molecule has 1 aromatic carbocycles. The second kappa shape index (κ2) is 7.94. The zero-order valence-corrected chi connectivity index (χ0v) is 14.2. The lowest BCUT2D eigenvalue weighted by molar-refractivity contribution is -0.111. The highest BCUT2D eigenvalue weighted by Crippen LogP contribution is 2.23. The van der Waals surface area contributed by atoms with E-state index < -0.39 is 11.8 Å². The highest BCUT2D eigenvalue weighted by Gasteiger charge is 2.19. The summed E-state index contributed by atoms with van der Waals surface area (Å²) < 4.78 is 0. The summed E-state index contributed by atoms with van der Waals surface area (Å²) in [5, 5.41) is 18.1. The topological polar surface area (TPSA) is 143 Å². The van der Waals surface area contributed by atoms with Crippen LogP contribution in [0.4, 0.5) is 5.69 Å². The van der Waals surface area contributed by atoms with Crippen LogP contribution in [0.5, 0.6) is 0 Å². The molecule has 1 aliphatic carbocycles. The number of aromatic carboxylic acids is 1. The molecule has 0 atom stereocenters. The van der Waals surface area contributed by atoms with E-state index in [0.29, 0.717) is 35.2 Å². The molecule has 0 radical (unpaired) electrons. The number of carbonyl (C=O) groups is 2. The SMILES string of the molecule is Cc1ccc(C(=O)O)cc1N=C(N)C(=CN)C(=O)C1=CCCC(C#N)=C1. The van der Waals surface area contributed by atoms with E-state index >= 15 is 0 Å². The third kappa shape index (κ3) is 4.05. The van der Waals surface area contributed by atoms with Crippen LogP contribution in [0.2, 0.25) is 0 Å². The summed E-state index contributed by atoms with van der Waals surface area (Å²) in [6.07, 6.45) is 5.46. The van der Waals surface area contributed by atoms with Crippen LogP contribution < -0.4 is 11.5 Å². The Bertz CT molecular complexity index is 931. The van der Waals surface area contributed by atoms with E-state index in [1.54, 1.807) is 19.1 Å². The van der Waals surface area contributed by atoms with E-state index in [0.717, 1.165) is 6.20 Å². The van der Waals surface area contributed by atoms with E-state index in [1.165, 1.54) is 18.2 Å². The number of amidine groups is 1. The van der Waals surface area contributed by atoms with Gasteiger partial charge < -0.3 is 16.6 Å². The van der Waals surface area contributed by atoms with Gasteiger partial charge in [0.05, 0.1) is 22.9 Å². The van der Waals surface area contributed by atoms with Crippen molar-refractivity contribution >= 4 is 23.3 Å². The lowest BCUT2D eigenvalue weighted by Crippen LogP contribution is -2.23. The van der Waals surface area contributed by atoms with Crippen molar-refractivity contribution in [1.29, 1.82) is 5.26 Å². The van der Waals surface area contributed by atoms with Gasteiger partial charge in [0.1, 0.15) is 5.84 Å². The fourth-order valence-corrected chi connectivity index (χ4v) is 2.43. The Morgan fingerprint density at radius 2 is 2.12 bits per heavy atom. The summed E-state index contributed by atoms with van der Waals surface area (Å²) in [6, 6.07) is 6.47. The average Bonchev–Trinajstić information content (AvgIpc) is 2.63. The molecule has 0 aliphatic heterocycles. The van der Waals surface area contributed by atoms with Crippen LogP contribution in [-0.2, 0) is 4.79 Å². The summed E-state index contributed by atoms with van der Waals surface area (Å²) in [4.78, 5) is 27.9. The Labute approximate surface area is 150 Å². The quantitative estimate of drug-likeness (QED) is 0.422. The van der Waals surface area contributed by atoms with E-state index in [4.69, 9.17) is 21.8 Å². The number of aryl methyl sites for hydroxylation is 1. The molecule has 2 rings (SSSR count). The molecule has 0 spiro atoms. The molecular weight excluding hydrogens is 332 g/mol.